The second-order valence-electron chi connectivity index (χ2n) is 7.63. The summed E-state index contributed by atoms with van der Waals surface area (Å²) in [6, 6.07) is 9.72. The number of aromatic nitrogens is 5. The van der Waals surface area contributed by atoms with Crippen LogP contribution in [0.2, 0.25) is 0 Å². The molecule has 4 aromatic rings. The highest BCUT2D eigenvalue weighted by molar-refractivity contribution is 7.22. The van der Waals surface area contributed by atoms with Crippen molar-refractivity contribution < 1.29 is 9.53 Å². The SMILES string of the molecule is CCOc1cccc2sc(N(CCn3nc(C)cc3C)C(=O)c3cc(C)n(CC)n3)nc12. The van der Waals surface area contributed by atoms with Crippen molar-refractivity contribution in [3.05, 3.63) is 53.1 Å². The van der Waals surface area contributed by atoms with Crippen molar-refractivity contribution in [1.29, 1.82) is 0 Å². The zero-order chi connectivity index (χ0) is 22.8. The van der Waals surface area contributed by atoms with E-state index in [1.807, 2.05) is 74.3 Å². The van der Waals surface area contributed by atoms with Crippen molar-refractivity contribution in [3.63, 3.8) is 0 Å². The van der Waals surface area contributed by atoms with Crippen LogP contribution in [0.3, 0.4) is 0 Å². The quantitative estimate of drug-likeness (QED) is 0.396. The highest BCUT2D eigenvalue weighted by atomic mass is 32.1. The molecule has 0 aliphatic heterocycles. The third kappa shape index (κ3) is 4.25. The van der Waals surface area contributed by atoms with Crippen molar-refractivity contribution in [2.75, 3.05) is 18.1 Å². The molecule has 1 aromatic carbocycles. The van der Waals surface area contributed by atoms with Gasteiger partial charge in [-0.15, -0.1) is 0 Å². The maximum absolute atomic E-state index is 13.6. The molecule has 0 saturated heterocycles. The molecule has 168 valence electrons. The van der Waals surface area contributed by atoms with Gasteiger partial charge in [-0.2, -0.15) is 10.2 Å². The molecular formula is C23H28N6O2S. The molecule has 0 saturated carbocycles. The number of rotatable bonds is 8. The van der Waals surface area contributed by atoms with Gasteiger partial charge in [-0.3, -0.25) is 19.1 Å². The van der Waals surface area contributed by atoms with Gasteiger partial charge in [0.2, 0.25) is 0 Å². The first-order chi connectivity index (χ1) is 15.4. The summed E-state index contributed by atoms with van der Waals surface area (Å²) < 4.78 is 10.5. The Kier molecular flexibility index (Phi) is 6.27. The predicted molar refractivity (Wildman–Crippen MR) is 127 cm³/mol. The number of amides is 1. The Labute approximate surface area is 191 Å². The highest BCUT2D eigenvalue weighted by Crippen LogP contribution is 2.34. The monoisotopic (exact) mass is 452 g/mol. The van der Waals surface area contributed by atoms with Crippen molar-refractivity contribution in [3.8, 4) is 5.75 Å². The fraction of sp³-hybridized carbons (Fsp3) is 0.391. The largest absolute Gasteiger partial charge is 0.492 e. The van der Waals surface area contributed by atoms with Gasteiger partial charge in [0.25, 0.3) is 5.91 Å². The molecule has 9 heteroatoms. The van der Waals surface area contributed by atoms with E-state index in [0.717, 1.165) is 33.0 Å². The molecule has 0 aliphatic carbocycles. The minimum absolute atomic E-state index is 0.168. The summed E-state index contributed by atoms with van der Waals surface area (Å²) >= 11 is 1.48. The van der Waals surface area contributed by atoms with Crippen LogP contribution in [0.5, 0.6) is 5.75 Å². The van der Waals surface area contributed by atoms with E-state index in [0.29, 0.717) is 37.1 Å². The number of nitrogens with zero attached hydrogens (tertiary/aromatic N) is 6. The van der Waals surface area contributed by atoms with E-state index in [4.69, 9.17) is 9.72 Å². The van der Waals surface area contributed by atoms with Crippen LogP contribution in [0, 0.1) is 20.8 Å². The first-order valence-electron chi connectivity index (χ1n) is 10.8. The van der Waals surface area contributed by atoms with Crippen LogP contribution in [-0.2, 0) is 13.1 Å². The third-order valence-corrected chi connectivity index (χ3v) is 6.33. The summed E-state index contributed by atoms with van der Waals surface area (Å²) in [6.45, 7) is 12.2. The van der Waals surface area contributed by atoms with E-state index in [1.165, 1.54) is 11.3 Å². The Balaban J connectivity index is 1.72. The molecule has 0 fully saturated rings. The van der Waals surface area contributed by atoms with Gasteiger partial charge in [-0.1, -0.05) is 17.4 Å². The normalized spacial score (nSPS) is 11.3. The number of carbonyl (C=O) groups is 1. The van der Waals surface area contributed by atoms with Crippen LogP contribution >= 0.6 is 11.3 Å². The molecular weight excluding hydrogens is 424 g/mol. The number of fused-ring (bicyclic) bond motifs is 1. The number of para-hydroxylation sites is 1. The fourth-order valence-electron chi connectivity index (χ4n) is 3.75. The van der Waals surface area contributed by atoms with Crippen LogP contribution in [0.4, 0.5) is 5.13 Å². The van der Waals surface area contributed by atoms with Gasteiger partial charge in [0.15, 0.2) is 10.8 Å². The molecule has 8 nitrogen and oxygen atoms in total. The summed E-state index contributed by atoms with van der Waals surface area (Å²) in [5.41, 5.74) is 4.16. The number of hydrogen-bond donors (Lipinski definition) is 0. The van der Waals surface area contributed by atoms with Crippen molar-refractivity contribution in [1.82, 2.24) is 24.5 Å². The van der Waals surface area contributed by atoms with Gasteiger partial charge >= 0.3 is 0 Å². The second kappa shape index (κ2) is 9.12. The standard InChI is InChI=1S/C23H28N6O2S/c1-6-28-17(5)14-18(26-28)22(30)27(11-12-29-16(4)13-15(3)25-29)23-24-21-19(31-7-2)9-8-10-20(21)32-23/h8-10,13-14H,6-7,11-12H2,1-5H3. The average Bonchev–Trinajstić information content (AvgIpc) is 3.45. The number of ether oxygens (including phenoxy) is 1. The Morgan fingerprint density at radius 1 is 1.09 bits per heavy atom. The van der Waals surface area contributed by atoms with E-state index in [-0.39, 0.29) is 5.91 Å². The number of hydrogen-bond acceptors (Lipinski definition) is 6. The molecule has 1 amide bonds. The highest BCUT2D eigenvalue weighted by Gasteiger charge is 2.25. The lowest BCUT2D eigenvalue weighted by atomic mass is 10.3. The Morgan fingerprint density at radius 2 is 1.88 bits per heavy atom. The predicted octanol–water partition coefficient (Wildman–Crippen LogP) is 4.38. The molecule has 0 aliphatic rings. The van der Waals surface area contributed by atoms with Crippen LogP contribution in [0.25, 0.3) is 10.2 Å². The second-order valence-corrected chi connectivity index (χ2v) is 8.64. The van der Waals surface area contributed by atoms with Crippen LogP contribution in [0.15, 0.2) is 30.3 Å². The first kappa shape index (κ1) is 22.0. The molecule has 0 bridgehead atoms. The topological polar surface area (TPSA) is 78.1 Å². The van der Waals surface area contributed by atoms with E-state index in [9.17, 15) is 4.79 Å². The summed E-state index contributed by atoms with van der Waals surface area (Å²) in [5.74, 6) is 0.559. The van der Waals surface area contributed by atoms with Gasteiger partial charge in [-0.05, 0) is 58.9 Å². The third-order valence-electron chi connectivity index (χ3n) is 5.29. The van der Waals surface area contributed by atoms with Gasteiger partial charge in [0.1, 0.15) is 11.3 Å². The van der Waals surface area contributed by atoms with Crippen molar-refractivity contribution in [2.24, 2.45) is 0 Å². The van der Waals surface area contributed by atoms with Crippen molar-refractivity contribution in [2.45, 2.75) is 47.7 Å². The minimum Gasteiger partial charge on any atom is -0.492 e. The lowest BCUT2D eigenvalue weighted by Crippen LogP contribution is -2.34. The molecule has 0 radical (unpaired) electrons. The molecule has 3 heterocycles. The van der Waals surface area contributed by atoms with E-state index >= 15 is 0 Å². The number of aryl methyl sites for hydroxylation is 4. The van der Waals surface area contributed by atoms with Gasteiger partial charge < -0.3 is 4.74 Å². The number of carbonyl (C=O) groups excluding carboxylic acids is 1. The Bertz CT molecular complexity index is 1250. The van der Waals surface area contributed by atoms with E-state index in [2.05, 4.69) is 10.2 Å². The molecule has 32 heavy (non-hydrogen) atoms. The number of thiazole rings is 1. The smallest absolute Gasteiger partial charge is 0.280 e. The minimum atomic E-state index is -0.168. The zero-order valence-corrected chi connectivity index (χ0v) is 19.9. The number of anilines is 1. The summed E-state index contributed by atoms with van der Waals surface area (Å²) in [4.78, 5) is 20.1. The Hall–Kier alpha value is -3.20. The Morgan fingerprint density at radius 3 is 2.53 bits per heavy atom. The summed E-state index contributed by atoms with van der Waals surface area (Å²) in [7, 11) is 0. The average molecular weight is 453 g/mol. The van der Waals surface area contributed by atoms with E-state index < -0.39 is 0 Å². The van der Waals surface area contributed by atoms with Gasteiger partial charge in [0.05, 0.1) is 23.5 Å². The molecule has 4 rings (SSSR count). The molecule has 3 aromatic heterocycles. The maximum atomic E-state index is 13.6. The lowest BCUT2D eigenvalue weighted by Gasteiger charge is -2.19. The van der Waals surface area contributed by atoms with Gasteiger partial charge in [-0.25, -0.2) is 4.98 Å². The number of benzene rings is 1. The molecule has 0 N–H and O–H groups in total. The molecule has 0 atom stereocenters. The molecule has 0 unspecified atom stereocenters. The van der Waals surface area contributed by atoms with Crippen molar-refractivity contribution >= 4 is 32.6 Å². The molecule has 0 spiro atoms. The van der Waals surface area contributed by atoms with Crippen LogP contribution < -0.4 is 9.64 Å². The first-order valence-corrected chi connectivity index (χ1v) is 11.6. The zero-order valence-electron chi connectivity index (χ0n) is 19.1. The maximum Gasteiger partial charge on any atom is 0.280 e. The van der Waals surface area contributed by atoms with Crippen LogP contribution in [-0.4, -0.2) is 43.6 Å². The lowest BCUT2D eigenvalue weighted by molar-refractivity contribution is 0.0980. The van der Waals surface area contributed by atoms with E-state index in [1.54, 1.807) is 4.90 Å². The van der Waals surface area contributed by atoms with Crippen LogP contribution in [0.1, 0.15) is 41.4 Å². The summed E-state index contributed by atoms with van der Waals surface area (Å²) in [6.07, 6.45) is 0. The van der Waals surface area contributed by atoms with Gasteiger partial charge in [0, 0.05) is 24.5 Å². The fourth-order valence-corrected chi connectivity index (χ4v) is 4.76. The summed E-state index contributed by atoms with van der Waals surface area (Å²) in [5, 5.41) is 9.68.